The van der Waals surface area contributed by atoms with Crippen LogP contribution in [-0.2, 0) is 11.4 Å². The number of amides is 1. The number of pyridine rings is 1. The van der Waals surface area contributed by atoms with Gasteiger partial charge in [0, 0.05) is 24.2 Å². The summed E-state index contributed by atoms with van der Waals surface area (Å²) < 4.78 is 5.82. The number of nitrogens with zero attached hydrogens (tertiary/aromatic N) is 1. The van der Waals surface area contributed by atoms with E-state index < -0.39 is 0 Å². The van der Waals surface area contributed by atoms with Crippen molar-refractivity contribution in [3.63, 3.8) is 0 Å². The molecule has 0 aliphatic heterocycles. The molecule has 0 spiro atoms. The molecule has 0 fully saturated rings. The van der Waals surface area contributed by atoms with Crippen molar-refractivity contribution >= 4 is 17.7 Å². The van der Waals surface area contributed by atoms with Gasteiger partial charge in [-0.3, -0.25) is 9.78 Å². The van der Waals surface area contributed by atoms with Crippen molar-refractivity contribution < 1.29 is 9.53 Å². The summed E-state index contributed by atoms with van der Waals surface area (Å²) in [6, 6.07) is 17.4. The van der Waals surface area contributed by atoms with E-state index >= 15 is 0 Å². The molecule has 1 heterocycles. The van der Waals surface area contributed by atoms with Crippen molar-refractivity contribution in [3.05, 3.63) is 95.3 Å². The van der Waals surface area contributed by atoms with Gasteiger partial charge in [-0.1, -0.05) is 30.3 Å². The summed E-state index contributed by atoms with van der Waals surface area (Å²) in [7, 11) is 0. The molecule has 3 aromatic rings. The molecule has 1 N–H and O–H groups in total. The molecule has 0 radical (unpaired) electrons. The van der Waals surface area contributed by atoms with Gasteiger partial charge in [-0.15, -0.1) is 0 Å². The predicted molar refractivity (Wildman–Crippen MR) is 109 cm³/mol. The lowest BCUT2D eigenvalue weighted by molar-refractivity contribution is -0.111. The van der Waals surface area contributed by atoms with Crippen molar-refractivity contribution in [3.8, 4) is 5.75 Å². The molecule has 1 aromatic heterocycles. The third-order valence-electron chi connectivity index (χ3n) is 4.34. The summed E-state index contributed by atoms with van der Waals surface area (Å²) >= 11 is 0. The van der Waals surface area contributed by atoms with Gasteiger partial charge in [0.25, 0.3) is 0 Å². The normalized spacial score (nSPS) is 10.7. The Kier molecular flexibility index (Phi) is 6.00. The Morgan fingerprint density at radius 2 is 1.89 bits per heavy atom. The van der Waals surface area contributed by atoms with Gasteiger partial charge in [0.15, 0.2) is 0 Å². The molecular weight excluding hydrogens is 336 g/mol. The maximum absolute atomic E-state index is 12.3. The van der Waals surface area contributed by atoms with Crippen molar-refractivity contribution in [1.82, 2.24) is 4.98 Å². The number of carbonyl (C=O) groups is 1. The molecule has 3 rings (SSSR count). The standard InChI is InChI=1S/C23H22N2O2/c1-17-13-14-24-15-19(17)11-12-23(26)25-22-10-6-7-20(18(22)2)16-27-21-8-4-3-5-9-21/h3-15H,16H2,1-2H3,(H,25,26)/b12-11+. The lowest BCUT2D eigenvalue weighted by Gasteiger charge is -2.13. The summed E-state index contributed by atoms with van der Waals surface area (Å²) in [6.45, 7) is 4.41. The zero-order valence-electron chi connectivity index (χ0n) is 15.5. The van der Waals surface area contributed by atoms with Crippen molar-refractivity contribution in [2.24, 2.45) is 0 Å². The van der Waals surface area contributed by atoms with Crippen LogP contribution in [0.4, 0.5) is 5.69 Å². The molecule has 2 aromatic carbocycles. The minimum absolute atomic E-state index is 0.178. The number of hydrogen-bond acceptors (Lipinski definition) is 3. The summed E-state index contributed by atoms with van der Waals surface area (Å²) in [4.78, 5) is 16.4. The number of benzene rings is 2. The molecule has 0 unspecified atom stereocenters. The van der Waals surface area contributed by atoms with Gasteiger partial charge in [-0.2, -0.15) is 0 Å². The van der Waals surface area contributed by atoms with Crippen LogP contribution in [0.25, 0.3) is 6.08 Å². The van der Waals surface area contributed by atoms with Crippen LogP contribution in [0.5, 0.6) is 5.75 Å². The van der Waals surface area contributed by atoms with E-state index in [4.69, 9.17) is 4.74 Å². The van der Waals surface area contributed by atoms with E-state index in [1.165, 1.54) is 6.08 Å². The van der Waals surface area contributed by atoms with E-state index in [2.05, 4.69) is 10.3 Å². The number of rotatable bonds is 6. The number of carbonyl (C=O) groups excluding carboxylic acids is 1. The average molecular weight is 358 g/mol. The molecule has 0 bridgehead atoms. The first-order valence-corrected chi connectivity index (χ1v) is 8.79. The number of anilines is 1. The molecule has 27 heavy (non-hydrogen) atoms. The van der Waals surface area contributed by atoms with Crippen LogP contribution >= 0.6 is 0 Å². The van der Waals surface area contributed by atoms with Gasteiger partial charge < -0.3 is 10.1 Å². The van der Waals surface area contributed by atoms with Gasteiger partial charge in [-0.25, -0.2) is 0 Å². The maximum atomic E-state index is 12.3. The van der Waals surface area contributed by atoms with E-state index in [0.717, 1.165) is 33.7 Å². The van der Waals surface area contributed by atoms with Gasteiger partial charge >= 0.3 is 0 Å². The second-order valence-electron chi connectivity index (χ2n) is 6.25. The summed E-state index contributed by atoms with van der Waals surface area (Å²) in [5.41, 5.74) is 4.80. The fourth-order valence-corrected chi connectivity index (χ4v) is 2.64. The maximum Gasteiger partial charge on any atom is 0.248 e. The van der Waals surface area contributed by atoms with Gasteiger partial charge in [0.2, 0.25) is 5.91 Å². The Hall–Kier alpha value is -3.40. The highest BCUT2D eigenvalue weighted by atomic mass is 16.5. The quantitative estimate of drug-likeness (QED) is 0.636. The Balaban J connectivity index is 1.66. The second kappa shape index (κ2) is 8.81. The highest BCUT2D eigenvalue weighted by molar-refractivity contribution is 6.02. The van der Waals surface area contributed by atoms with Gasteiger partial charge in [0.05, 0.1) is 0 Å². The molecule has 0 aliphatic carbocycles. The first kappa shape index (κ1) is 18.4. The SMILES string of the molecule is Cc1ccncc1/C=C/C(=O)Nc1cccc(COc2ccccc2)c1C. The molecule has 0 atom stereocenters. The first-order chi connectivity index (χ1) is 13.1. The molecule has 0 saturated carbocycles. The predicted octanol–water partition coefficient (Wildman–Crippen LogP) is 4.93. The number of aryl methyl sites for hydroxylation is 1. The summed E-state index contributed by atoms with van der Waals surface area (Å²) in [5, 5.41) is 2.94. The molecule has 4 nitrogen and oxygen atoms in total. The van der Waals surface area contributed by atoms with Crippen LogP contribution in [0, 0.1) is 13.8 Å². The van der Waals surface area contributed by atoms with E-state index in [-0.39, 0.29) is 5.91 Å². The van der Waals surface area contributed by atoms with Crippen LogP contribution in [0.15, 0.2) is 73.1 Å². The number of ether oxygens (including phenoxy) is 1. The lowest BCUT2D eigenvalue weighted by atomic mass is 10.1. The van der Waals surface area contributed by atoms with Crippen LogP contribution in [0.2, 0.25) is 0 Å². The first-order valence-electron chi connectivity index (χ1n) is 8.79. The van der Waals surface area contributed by atoms with Crippen LogP contribution in [-0.4, -0.2) is 10.9 Å². The molecule has 0 saturated heterocycles. The number of nitrogens with one attached hydrogen (secondary N) is 1. The summed E-state index contributed by atoms with van der Waals surface area (Å²) in [6.07, 6.45) is 6.77. The zero-order chi connectivity index (χ0) is 19.1. The smallest absolute Gasteiger partial charge is 0.248 e. The largest absolute Gasteiger partial charge is 0.489 e. The molecule has 136 valence electrons. The van der Waals surface area contributed by atoms with Crippen molar-refractivity contribution in [2.45, 2.75) is 20.5 Å². The van der Waals surface area contributed by atoms with Crippen molar-refractivity contribution in [2.75, 3.05) is 5.32 Å². The van der Waals surface area contributed by atoms with Crippen LogP contribution < -0.4 is 10.1 Å². The highest BCUT2D eigenvalue weighted by Gasteiger charge is 2.07. The minimum Gasteiger partial charge on any atom is -0.489 e. The van der Waals surface area contributed by atoms with Gasteiger partial charge in [-0.05, 0) is 66.4 Å². The van der Waals surface area contributed by atoms with E-state index in [9.17, 15) is 4.79 Å². The third-order valence-corrected chi connectivity index (χ3v) is 4.34. The Labute approximate surface area is 159 Å². The number of aromatic nitrogens is 1. The Morgan fingerprint density at radius 3 is 2.67 bits per heavy atom. The average Bonchev–Trinajstić information content (AvgIpc) is 2.69. The minimum atomic E-state index is -0.178. The van der Waals surface area contributed by atoms with Crippen molar-refractivity contribution in [1.29, 1.82) is 0 Å². The zero-order valence-corrected chi connectivity index (χ0v) is 15.5. The summed E-state index contributed by atoms with van der Waals surface area (Å²) in [5.74, 6) is 0.642. The third kappa shape index (κ3) is 5.05. The number of para-hydroxylation sites is 1. The fraction of sp³-hybridized carbons (Fsp3) is 0.130. The van der Waals surface area contributed by atoms with E-state index in [1.54, 1.807) is 18.5 Å². The molecule has 4 heteroatoms. The molecular formula is C23H22N2O2. The highest BCUT2D eigenvalue weighted by Crippen LogP contribution is 2.21. The topological polar surface area (TPSA) is 51.2 Å². The monoisotopic (exact) mass is 358 g/mol. The fourth-order valence-electron chi connectivity index (χ4n) is 2.64. The Bertz CT molecular complexity index is 950. The molecule has 1 amide bonds. The van der Waals surface area contributed by atoms with E-state index in [1.807, 2.05) is 68.4 Å². The second-order valence-corrected chi connectivity index (χ2v) is 6.25. The van der Waals surface area contributed by atoms with E-state index in [0.29, 0.717) is 6.61 Å². The van der Waals surface area contributed by atoms with Gasteiger partial charge in [0.1, 0.15) is 12.4 Å². The van der Waals surface area contributed by atoms with Crippen LogP contribution in [0.1, 0.15) is 22.3 Å². The van der Waals surface area contributed by atoms with Crippen LogP contribution in [0.3, 0.4) is 0 Å². The number of hydrogen-bond donors (Lipinski definition) is 1. The lowest BCUT2D eigenvalue weighted by Crippen LogP contribution is -2.10. The Morgan fingerprint density at radius 1 is 1.07 bits per heavy atom. The molecule has 0 aliphatic rings.